The smallest absolute Gasteiger partial charge is 0.392 e. The van der Waals surface area contributed by atoms with Crippen molar-refractivity contribution in [2.75, 3.05) is 0 Å². The van der Waals surface area contributed by atoms with Crippen LogP contribution in [-0.4, -0.2) is 20.7 Å². The predicted octanol–water partition coefficient (Wildman–Crippen LogP) is 2.88. The summed E-state index contributed by atoms with van der Waals surface area (Å²) in [5.74, 6) is -0.216. The Bertz CT molecular complexity index is 680. The molecule has 0 amide bonds. The van der Waals surface area contributed by atoms with Crippen molar-refractivity contribution in [1.82, 2.24) is 9.38 Å². The van der Waals surface area contributed by atoms with Gasteiger partial charge < -0.3 is 5.11 Å². The van der Waals surface area contributed by atoms with Crippen LogP contribution in [0, 0.1) is 11.3 Å². The molecule has 0 spiro atoms. The van der Waals surface area contributed by atoms with Crippen LogP contribution in [0.3, 0.4) is 0 Å². The first-order valence-corrected chi connectivity index (χ1v) is 5.25. The number of alkyl halides is 3. The first-order valence-electron chi connectivity index (χ1n) is 5.25. The van der Waals surface area contributed by atoms with Gasteiger partial charge in [0, 0.05) is 6.20 Å². The number of nitriles is 1. The van der Waals surface area contributed by atoms with Crippen LogP contribution in [-0.2, 0) is 0 Å². The van der Waals surface area contributed by atoms with Crippen LogP contribution < -0.4 is 0 Å². The zero-order valence-electron chi connectivity index (χ0n) is 9.52. The first-order chi connectivity index (χ1) is 8.92. The number of rotatable bonds is 2. The molecular weight excluding hydrogens is 259 g/mol. The Balaban J connectivity index is 2.40. The molecule has 7 heteroatoms. The third kappa shape index (κ3) is 2.68. The van der Waals surface area contributed by atoms with E-state index < -0.39 is 12.6 Å². The van der Waals surface area contributed by atoms with Crippen molar-refractivity contribution in [2.45, 2.75) is 12.6 Å². The molecule has 0 unspecified atom stereocenters. The number of hydrogen-bond acceptors (Lipinski definition) is 3. The van der Waals surface area contributed by atoms with E-state index in [1.54, 1.807) is 6.07 Å². The molecule has 0 aliphatic rings. The van der Waals surface area contributed by atoms with Crippen LogP contribution in [0.15, 0.2) is 24.5 Å². The summed E-state index contributed by atoms with van der Waals surface area (Å²) in [6, 6.07) is 3.08. The van der Waals surface area contributed by atoms with Crippen LogP contribution >= 0.6 is 0 Å². The second-order valence-electron chi connectivity index (χ2n) is 3.79. The number of aromatic nitrogens is 2. The van der Waals surface area contributed by atoms with Crippen LogP contribution in [0.25, 0.3) is 11.7 Å². The molecule has 2 aromatic heterocycles. The molecule has 19 heavy (non-hydrogen) atoms. The maximum Gasteiger partial charge on any atom is 0.392 e. The summed E-state index contributed by atoms with van der Waals surface area (Å²) in [6.07, 6.45) is -0.279. The van der Waals surface area contributed by atoms with E-state index in [0.717, 1.165) is 6.08 Å². The monoisotopic (exact) mass is 267 g/mol. The van der Waals surface area contributed by atoms with Gasteiger partial charge in [-0.1, -0.05) is 6.08 Å². The lowest BCUT2D eigenvalue weighted by molar-refractivity contribution is -0.124. The molecule has 0 aliphatic carbocycles. The summed E-state index contributed by atoms with van der Waals surface area (Å²) in [6.45, 7) is 0. The van der Waals surface area contributed by atoms with E-state index in [0.29, 0.717) is 5.69 Å². The summed E-state index contributed by atoms with van der Waals surface area (Å²) in [4.78, 5) is 3.91. The van der Waals surface area contributed by atoms with E-state index in [1.807, 2.05) is 0 Å². The first kappa shape index (κ1) is 13.0. The summed E-state index contributed by atoms with van der Waals surface area (Å²) in [5, 5.41) is 18.3. The van der Waals surface area contributed by atoms with Crippen molar-refractivity contribution < 1.29 is 18.3 Å². The third-order valence-corrected chi connectivity index (χ3v) is 2.44. The molecule has 2 heterocycles. The van der Waals surface area contributed by atoms with Crippen molar-refractivity contribution in [2.24, 2.45) is 0 Å². The molecule has 0 saturated carbocycles. The quantitative estimate of drug-likeness (QED) is 0.910. The lowest BCUT2D eigenvalue weighted by atomic mass is 10.2. The SMILES string of the molecule is N#Cc1c(O)ccn2c(C=CCC(F)(F)F)cnc12. The minimum absolute atomic E-state index is 0.0158. The maximum absolute atomic E-state index is 12.0. The van der Waals surface area contributed by atoms with Gasteiger partial charge in [0.05, 0.1) is 18.3 Å². The van der Waals surface area contributed by atoms with Gasteiger partial charge in [0.1, 0.15) is 17.4 Å². The van der Waals surface area contributed by atoms with E-state index in [4.69, 9.17) is 5.26 Å². The van der Waals surface area contributed by atoms with Gasteiger partial charge in [0.25, 0.3) is 0 Å². The highest BCUT2D eigenvalue weighted by Gasteiger charge is 2.24. The molecule has 98 valence electrons. The topological polar surface area (TPSA) is 61.3 Å². The minimum Gasteiger partial charge on any atom is -0.506 e. The van der Waals surface area contributed by atoms with E-state index in [2.05, 4.69) is 4.98 Å². The minimum atomic E-state index is -4.26. The third-order valence-electron chi connectivity index (χ3n) is 2.44. The Kier molecular flexibility index (Phi) is 3.17. The molecule has 0 fully saturated rings. The van der Waals surface area contributed by atoms with Gasteiger partial charge in [0.2, 0.25) is 0 Å². The number of fused-ring (bicyclic) bond motifs is 1. The molecule has 0 saturated heterocycles. The van der Waals surface area contributed by atoms with Crippen molar-refractivity contribution in [3.63, 3.8) is 0 Å². The molecule has 4 nitrogen and oxygen atoms in total. The molecule has 2 aromatic rings. The molecule has 2 rings (SSSR count). The molecule has 0 bridgehead atoms. The highest BCUT2D eigenvalue weighted by molar-refractivity contribution is 5.64. The largest absolute Gasteiger partial charge is 0.506 e. The number of halogens is 3. The fourth-order valence-corrected chi connectivity index (χ4v) is 1.60. The molecule has 0 aliphatic heterocycles. The van der Waals surface area contributed by atoms with Crippen LogP contribution in [0.5, 0.6) is 5.75 Å². The average molecular weight is 267 g/mol. The van der Waals surface area contributed by atoms with Crippen molar-refractivity contribution in [3.8, 4) is 11.8 Å². The van der Waals surface area contributed by atoms with Gasteiger partial charge in [-0.2, -0.15) is 18.4 Å². The van der Waals surface area contributed by atoms with E-state index >= 15 is 0 Å². The fourth-order valence-electron chi connectivity index (χ4n) is 1.60. The molecular formula is C12H8F3N3O. The normalized spacial score (nSPS) is 12.1. The Hall–Kier alpha value is -2.49. The Morgan fingerprint density at radius 1 is 1.47 bits per heavy atom. The second kappa shape index (κ2) is 4.65. The maximum atomic E-state index is 12.0. The van der Waals surface area contributed by atoms with Crippen molar-refractivity contribution >= 4 is 11.7 Å². The van der Waals surface area contributed by atoms with Gasteiger partial charge >= 0.3 is 6.18 Å². The zero-order chi connectivity index (χ0) is 14.0. The zero-order valence-corrected chi connectivity index (χ0v) is 9.52. The molecule has 0 radical (unpaired) electrons. The molecule has 1 N–H and O–H groups in total. The van der Waals surface area contributed by atoms with Gasteiger partial charge in [-0.05, 0) is 12.1 Å². The lowest BCUT2D eigenvalue weighted by Crippen LogP contribution is -2.04. The van der Waals surface area contributed by atoms with Gasteiger partial charge in [-0.15, -0.1) is 0 Å². The number of aromatic hydroxyl groups is 1. The average Bonchev–Trinajstić information content (AvgIpc) is 2.71. The number of pyridine rings is 1. The van der Waals surface area contributed by atoms with Gasteiger partial charge in [0.15, 0.2) is 5.65 Å². The van der Waals surface area contributed by atoms with Crippen molar-refractivity contribution in [1.29, 1.82) is 5.26 Å². The predicted molar refractivity (Wildman–Crippen MR) is 61.3 cm³/mol. The van der Waals surface area contributed by atoms with Crippen molar-refractivity contribution in [3.05, 3.63) is 35.8 Å². The number of hydrogen-bond donors (Lipinski definition) is 1. The number of imidazole rings is 1. The summed E-state index contributed by atoms with van der Waals surface area (Å²) >= 11 is 0. The van der Waals surface area contributed by atoms with E-state index in [9.17, 15) is 18.3 Å². The fraction of sp³-hybridized carbons (Fsp3) is 0.167. The van der Waals surface area contributed by atoms with Gasteiger partial charge in [-0.25, -0.2) is 4.98 Å². The highest BCUT2D eigenvalue weighted by Crippen LogP contribution is 2.23. The lowest BCUT2D eigenvalue weighted by Gasteiger charge is -2.01. The second-order valence-corrected chi connectivity index (χ2v) is 3.79. The Morgan fingerprint density at radius 3 is 2.84 bits per heavy atom. The number of nitrogens with zero attached hydrogens (tertiary/aromatic N) is 3. The number of allylic oxidation sites excluding steroid dienone is 1. The standard InChI is InChI=1S/C12H8F3N3O/c13-12(14,15)4-1-2-8-7-17-11-9(6-16)10(19)3-5-18(8)11/h1-3,5,7,19H,4H2. The summed E-state index contributed by atoms with van der Waals surface area (Å²) in [5.41, 5.74) is 0.586. The Morgan fingerprint density at radius 2 is 2.21 bits per heavy atom. The Labute approximate surface area is 106 Å². The van der Waals surface area contributed by atoms with Crippen LogP contribution in [0.1, 0.15) is 17.7 Å². The van der Waals surface area contributed by atoms with Crippen LogP contribution in [0.4, 0.5) is 13.2 Å². The summed E-state index contributed by atoms with van der Waals surface area (Å²) < 4.78 is 37.5. The van der Waals surface area contributed by atoms with Gasteiger partial charge in [-0.3, -0.25) is 4.40 Å². The van der Waals surface area contributed by atoms with E-state index in [1.165, 1.54) is 28.9 Å². The molecule has 0 atom stereocenters. The van der Waals surface area contributed by atoms with Crippen LogP contribution in [0.2, 0.25) is 0 Å². The molecule has 0 aromatic carbocycles. The summed E-state index contributed by atoms with van der Waals surface area (Å²) in [7, 11) is 0. The van der Waals surface area contributed by atoms with E-state index in [-0.39, 0.29) is 17.0 Å². The highest BCUT2D eigenvalue weighted by atomic mass is 19.4.